The molecule has 33 heavy (non-hydrogen) atoms. The van der Waals surface area contributed by atoms with Gasteiger partial charge in [-0.25, -0.2) is 8.42 Å². The molecular formula is C27H31NO4S. The van der Waals surface area contributed by atoms with Crippen molar-refractivity contribution in [2.45, 2.75) is 57.1 Å². The van der Waals surface area contributed by atoms with E-state index in [0.29, 0.717) is 19.4 Å². The van der Waals surface area contributed by atoms with E-state index in [-0.39, 0.29) is 10.9 Å². The number of nitrogens with zero attached hydrogens (tertiary/aromatic N) is 1. The molecule has 1 unspecified atom stereocenters. The standard InChI is InChI=1S/C27H31NO4S/c1-19-11-15-23(16-12-19)33(30,31)28-17-7-10-24(26(29)32-27(2,3)4)25(28)22-14-13-20-8-5-6-9-21(20)18-22/h5-6,8-9,11-16,18,24-25H,7,10,17H2,1-4H3/t24?,25-/m0/s1. The Labute approximate surface area is 196 Å². The summed E-state index contributed by atoms with van der Waals surface area (Å²) >= 11 is 0. The fraction of sp³-hybridized carbons (Fsp3) is 0.370. The van der Waals surface area contributed by atoms with Crippen molar-refractivity contribution in [3.63, 3.8) is 0 Å². The second-order valence-electron chi connectivity index (χ2n) is 9.76. The summed E-state index contributed by atoms with van der Waals surface area (Å²) in [4.78, 5) is 13.5. The van der Waals surface area contributed by atoms with Crippen LogP contribution in [0.5, 0.6) is 0 Å². The Hall–Kier alpha value is -2.70. The van der Waals surface area contributed by atoms with Crippen molar-refractivity contribution in [1.82, 2.24) is 4.31 Å². The van der Waals surface area contributed by atoms with Gasteiger partial charge >= 0.3 is 5.97 Å². The highest BCUT2D eigenvalue weighted by Crippen LogP contribution is 2.41. The van der Waals surface area contributed by atoms with E-state index in [0.717, 1.165) is 21.9 Å². The number of aryl methyl sites for hydroxylation is 1. The number of carbonyl (C=O) groups is 1. The lowest BCUT2D eigenvalue weighted by molar-refractivity contribution is -0.163. The smallest absolute Gasteiger partial charge is 0.311 e. The number of piperidine rings is 1. The minimum Gasteiger partial charge on any atom is -0.460 e. The molecule has 0 saturated carbocycles. The molecule has 0 radical (unpaired) electrons. The number of hydrogen-bond donors (Lipinski definition) is 0. The van der Waals surface area contributed by atoms with E-state index in [4.69, 9.17) is 4.74 Å². The molecule has 1 fully saturated rings. The molecule has 3 aromatic carbocycles. The van der Waals surface area contributed by atoms with Crippen molar-refractivity contribution in [2.24, 2.45) is 5.92 Å². The van der Waals surface area contributed by atoms with E-state index in [1.807, 2.05) is 70.2 Å². The van der Waals surface area contributed by atoms with E-state index >= 15 is 0 Å². The van der Waals surface area contributed by atoms with Gasteiger partial charge in [0.1, 0.15) is 5.60 Å². The molecular weight excluding hydrogens is 434 g/mol. The Balaban J connectivity index is 1.83. The van der Waals surface area contributed by atoms with Gasteiger partial charge in [-0.2, -0.15) is 4.31 Å². The van der Waals surface area contributed by atoms with Crippen molar-refractivity contribution < 1.29 is 17.9 Å². The summed E-state index contributed by atoms with van der Waals surface area (Å²) in [5.41, 5.74) is 1.15. The normalized spacial score (nSPS) is 20.0. The second-order valence-corrected chi connectivity index (χ2v) is 11.7. The highest BCUT2D eigenvalue weighted by Gasteiger charge is 2.44. The van der Waals surface area contributed by atoms with Crippen LogP contribution in [-0.4, -0.2) is 30.8 Å². The first kappa shape index (κ1) is 23.5. The predicted molar refractivity (Wildman–Crippen MR) is 130 cm³/mol. The summed E-state index contributed by atoms with van der Waals surface area (Å²) in [6, 6.07) is 20.1. The predicted octanol–water partition coefficient (Wildman–Crippen LogP) is 5.63. The quantitative estimate of drug-likeness (QED) is 0.468. The molecule has 0 amide bonds. The first-order valence-corrected chi connectivity index (χ1v) is 12.8. The number of fused-ring (bicyclic) bond motifs is 1. The molecule has 0 spiro atoms. The number of ether oxygens (including phenoxy) is 1. The van der Waals surface area contributed by atoms with Gasteiger partial charge in [-0.15, -0.1) is 0 Å². The fourth-order valence-electron chi connectivity index (χ4n) is 4.49. The highest BCUT2D eigenvalue weighted by atomic mass is 32.2. The maximum Gasteiger partial charge on any atom is 0.311 e. The van der Waals surface area contributed by atoms with Gasteiger partial charge < -0.3 is 4.74 Å². The molecule has 1 heterocycles. The number of benzene rings is 3. The first-order valence-electron chi connectivity index (χ1n) is 11.4. The Bertz CT molecular complexity index is 1260. The van der Waals surface area contributed by atoms with E-state index < -0.39 is 27.6 Å². The lowest BCUT2D eigenvalue weighted by Crippen LogP contribution is -2.46. The summed E-state index contributed by atoms with van der Waals surface area (Å²) in [7, 11) is -3.81. The van der Waals surface area contributed by atoms with Gasteiger partial charge in [-0.3, -0.25) is 4.79 Å². The maximum atomic E-state index is 13.8. The second kappa shape index (κ2) is 8.92. The van der Waals surface area contributed by atoms with E-state index in [9.17, 15) is 13.2 Å². The monoisotopic (exact) mass is 465 g/mol. The minimum absolute atomic E-state index is 0.240. The molecule has 0 bridgehead atoms. The van der Waals surface area contributed by atoms with Gasteiger partial charge in [-0.05, 0) is 75.1 Å². The van der Waals surface area contributed by atoms with E-state index in [2.05, 4.69) is 0 Å². The van der Waals surface area contributed by atoms with Crippen LogP contribution in [0.25, 0.3) is 10.8 Å². The highest BCUT2D eigenvalue weighted by molar-refractivity contribution is 7.89. The van der Waals surface area contributed by atoms with Gasteiger partial charge in [0.15, 0.2) is 0 Å². The molecule has 2 atom stereocenters. The number of carbonyl (C=O) groups excluding carboxylic acids is 1. The topological polar surface area (TPSA) is 63.7 Å². The van der Waals surface area contributed by atoms with Gasteiger partial charge in [0.2, 0.25) is 10.0 Å². The molecule has 1 aliphatic rings. The number of esters is 1. The Morgan fingerprint density at radius 2 is 1.64 bits per heavy atom. The Kier molecular flexibility index (Phi) is 6.34. The lowest BCUT2D eigenvalue weighted by Gasteiger charge is -2.40. The van der Waals surface area contributed by atoms with Crippen LogP contribution >= 0.6 is 0 Å². The molecule has 1 aliphatic heterocycles. The van der Waals surface area contributed by atoms with Crippen LogP contribution in [0.3, 0.4) is 0 Å². The van der Waals surface area contributed by atoms with Crippen molar-refractivity contribution in [2.75, 3.05) is 6.54 Å². The molecule has 0 N–H and O–H groups in total. The first-order chi connectivity index (χ1) is 15.6. The van der Waals surface area contributed by atoms with Crippen LogP contribution in [0, 0.1) is 12.8 Å². The average molecular weight is 466 g/mol. The Morgan fingerprint density at radius 3 is 2.30 bits per heavy atom. The molecule has 3 aromatic rings. The summed E-state index contributed by atoms with van der Waals surface area (Å²) in [5.74, 6) is -0.941. The van der Waals surface area contributed by atoms with Gasteiger partial charge in [-0.1, -0.05) is 54.1 Å². The largest absolute Gasteiger partial charge is 0.460 e. The molecule has 5 nitrogen and oxygen atoms in total. The molecule has 1 saturated heterocycles. The van der Waals surface area contributed by atoms with Crippen LogP contribution in [0.15, 0.2) is 71.6 Å². The third kappa shape index (κ3) is 4.97. The van der Waals surface area contributed by atoms with Crippen LogP contribution in [-0.2, 0) is 19.6 Å². The molecule has 6 heteroatoms. The average Bonchev–Trinajstić information content (AvgIpc) is 2.77. The van der Waals surface area contributed by atoms with Crippen molar-refractivity contribution in [3.05, 3.63) is 77.9 Å². The fourth-order valence-corrected chi connectivity index (χ4v) is 6.18. The zero-order chi connectivity index (χ0) is 23.8. The third-order valence-corrected chi connectivity index (χ3v) is 7.93. The molecule has 0 aliphatic carbocycles. The van der Waals surface area contributed by atoms with Crippen molar-refractivity contribution in [1.29, 1.82) is 0 Å². The lowest BCUT2D eigenvalue weighted by atomic mass is 9.85. The summed E-state index contributed by atoms with van der Waals surface area (Å²) in [6.07, 6.45) is 1.17. The number of sulfonamides is 1. The van der Waals surface area contributed by atoms with Gasteiger partial charge in [0.05, 0.1) is 16.9 Å². The maximum absolute atomic E-state index is 13.8. The van der Waals surface area contributed by atoms with E-state index in [1.54, 1.807) is 24.3 Å². The summed E-state index contributed by atoms with van der Waals surface area (Å²) in [6.45, 7) is 7.78. The SMILES string of the molecule is Cc1ccc(S(=O)(=O)N2CCCC(C(=O)OC(C)(C)C)[C@@H]2c2ccc3ccccc3c2)cc1. The summed E-state index contributed by atoms with van der Waals surface area (Å²) in [5, 5.41) is 2.08. The molecule has 4 rings (SSSR count). The van der Waals surface area contributed by atoms with Gasteiger partial charge in [0.25, 0.3) is 0 Å². The van der Waals surface area contributed by atoms with Crippen LogP contribution in [0.4, 0.5) is 0 Å². The minimum atomic E-state index is -3.81. The van der Waals surface area contributed by atoms with Gasteiger partial charge in [0, 0.05) is 6.54 Å². The molecule has 174 valence electrons. The third-order valence-electron chi connectivity index (χ3n) is 6.04. The van der Waals surface area contributed by atoms with Crippen LogP contribution < -0.4 is 0 Å². The molecule has 0 aromatic heterocycles. The van der Waals surface area contributed by atoms with Crippen molar-refractivity contribution in [3.8, 4) is 0 Å². The van der Waals surface area contributed by atoms with E-state index in [1.165, 1.54) is 4.31 Å². The zero-order valence-electron chi connectivity index (χ0n) is 19.6. The zero-order valence-corrected chi connectivity index (χ0v) is 20.4. The number of rotatable bonds is 4. The van der Waals surface area contributed by atoms with Crippen LogP contribution in [0.1, 0.15) is 50.8 Å². The number of hydrogen-bond acceptors (Lipinski definition) is 4. The van der Waals surface area contributed by atoms with Crippen LogP contribution in [0.2, 0.25) is 0 Å². The Morgan fingerprint density at radius 1 is 0.970 bits per heavy atom. The summed E-state index contributed by atoms with van der Waals surface area (Å²) < 4.78 is 34.8. The van der Waals surface area contributed by atoms with Crippen molar-refractivity contribution >= 4 is 26.8 Å².